The molecule has 2 aromatic rings. The lowest BCUT2D eigenvalue weighted by molar-refractivity contribution is 0.0696. The molecule has 1 fully saturated rings. The number of halogens is 1. The largest absolute Gasteiger partial charge is 0.477 e. The molecule has 25 heavy (non-hydrogen) atoms. The highest BCUT2D eigenvalue weighted by Crippen LogP contribution is 2.27. The van der Waals surface area contributed by atoms with Gasteiger partial charge in [-0.1, -0.05) is 37.8 Å². The predicted molar refractivity (Wildman–Crippen MR) is 99.3 cm³/mol. The molecule has 0 amide bonds. The number of carboxylic acids is 1. The zero-order valence-electron chi connectivity index (χ0n) is 14.3. The summed E-state index contributed by atoms with van der Waals surface area (Å²) < 4.78 is 0. The first-order chi connectivity index (χ1) is 12.1. The second kappa shape index (κ2) is 7.83. The van der Waals surface area contributed by atoms with Crippen LogP contribution in [-0.4, -0.2) is 27.1 Å². The Hall–Kier alpha value is -2.14. The molecule has 132 valence electrons. The fourth-order valence-electron chi connectivity index (χ4n) is 3.26. The third-order valence-electron chi connectivity index (χ3n) is 4.58. The molecule has 1 saturated carbocycles. The lowest BCUT2D eigenvalue weighted by atomic mass is 9.95. The van der Waals surface area contributed by atoms with Crippen molar-refractivity contribution in [1.82, 2.24) is 9.97 Å². The molecular weight excluding hydrogens is 338 g/mol. The number of nitrogens with zero attached hydrogens (tertiary/aromatic N) is 2. The maximum atomic E-state index is 11.8. The average Bonchev–Trinajstić information content (AvgIpc) is 2.62. The first kappa shape index (κ1) is 17.7. The van der Waals surface area contributed by atoms with Gasteiger partial charge in [0.1, 0.15) is 11.4 Å². The minimum atomic E-state index is -0.988. The van der Waals surface area contributed by atoms with E-state index in [1.54, 1.807) is 12.1 Å². The lowest BCUT2D eigenvalue weighted by Crippen LogP contribution is -2.25. The van der Waals surface area contributed by atoms with Gasteiger partial charge in [-0.2, -0.15) is 0 Å². The van der Waals surface area contributed by atoms with E-state index in [2.05, 4.69) is 15.3 Å². The van der Waals surface area contributed by atoms with E-state index in [4.69, 9.17) is 11.6 Å². The number of hydrogen-bond acceptors (Lipinski definition) is 4. The highest BCUT2D eigenvalue weighted by molar-refractivity contribution is 6.30. The highest BCUT2D eigenvalue weighted by Gasteiger charge is 2.23. The number of hydrogen-bond donors (Lipinski definition) is 2. The fourth-order valence-corrected chi connectivity index (χ4v) is 3.39. The van der Waals surface area contributed by atoms with Crippen LogP contribution in [0.3, 0.4) is 0 Å². The van der Waals surface area contributed by atoms with E-state index in [1.807, 2.05) is 19.1 Å². The van der Waals surface area contributed by atoms with Crippen LogP contribution >= 0.6 is 11.6 Å². The number of nitrogens with one attached hydrogen (secondary N) is 1. The summed E-state index contributed by atoms with van der Waals surface area (Å²) in [6, 6.07) is 7.53. The smallest absolute Gasteiger partial charge is 0.341 e. The molecule has 1 aromatic heterocycles. The second-order valence-corrected chi connectivity index (χ2v) is 6.80. The molecule has 0 radical (unpaired) electrons. The Labute approximate surface area is 152 Å². The zero-order chi connectivity index (χ0) is 17.8. The summed E-state index contributed by atoms with van der Waals surface area (Å²) in [6.45, 7) is 1.91. The predicted octanol–water partition coefficient (Wildman–Crippen LogP) is 4.80. The van der Waals surface area contributed by atoms with Crippen molar-refractivity contribution in [2.75, 3.05) is 5.32 Å². The summed E-state index contributed by atoms with van der Waals surface area (Å²) in [6.07, 6.45) is 6.18. The summed E-state index contributed by atoms with van der Waals surface area (Å²) >= 11 is 5.95. The van der Waals surface area contributed by atoms with Crippen molar-refractivity contribution >= 4 is 23.4 Å². The zero-order valence-corrected chi connectivity index (χ0v) is 15.0. The number of aromatic carboxylic acids is 1. The van der Waals surface area contributed by atoms with Gasteiger partial charge in [-0.25, -0.2) is 14.8 Å². The molecule has 0 saturated heterocycles. The molecule has 1 aliphatic carbocycles. The van der Waals surface area contributed by atoms with Gasteiger partial charge in [-0.15, -0.1) is 0 Å². The van der Waals surface area contributed by atoms with Gasteiger partial charge in [0.2, 0.25) is 0 Å². The van der Waals surface area contributed by atoms with Crippen molar-refractivity contribution < 1.29 is 9.90 Å². The second-order valence-electron chi connectivity index (χ2n) is 6.36. The van der Waals surface area contributed by atoms with Crippen LogP contribution in [-0.2, 0) is 6.42 Å². The molecule has 2 N–H and O–H groups in total. The summed E-state index contributed by atoms with van der Waals surface area (Å²) in [5.41, 5.74) is 1.55. The number of carboxylic acid groups (broad SMARTS) is 1. The number of aryl methyl sites for hydroxylation is 1. The molecule has 0 spiro atoms. The standard InChI is InChI=1S/C19H22ClN3O2/c1-2-15-16(19(24)25)18(21-14-6-4-3-5-7-14)23-17(22-15)12-8-10-13(20)11-9-12/h8-11,14H,2-7H2,1H3,(H,24,25)(H,21,22,23). The summed E-state index contributed by atoms with van der Waals surface area (Å²) in [5.74, 6) is -0.0363. The van der Waals surface area contributed by atoms with Crippen molar-refractivity contribution in [3.8, 4) is 11.4 Å². The summed E-state index contributed by atoms with van der Waals surface area (Å²) in [7, 11) is 0. The maximum Gasteiger partial charge on any atom is 0.341 e. The van der Waals surface area contributed by atoms with Crippen molar-refractivity contribution in [3.05, 3.63) is 40.5 Å². The van der Waals surface area contributed by atoms with Crippen LogP contribution in [0.15, 0.2) is 24.3 Å². The molecule has 3 rings (SSSR count). The van der Waals surface area contributed by atoms with Crippen LogP contribution in [0.1, 0.15) is 55.1 Å². The SMILES string of the molecule is CCc1nc(-c2ccc(Cl)cc2)nc(NC2CCCCC2)c1C(=O)O. The van der Waals surface area contributed by atoms with E-state index in [9.17, 15) is 9.90 Å². The third kappa shape index (κ3) is 4.10. The molecule has 0 unspecified atom stereocenters. The Kier molecular flexibility index (Phi) is 5.53. The quantitative estimate of drug-likeness (QED) is 0.801. The molecular formula is C19H22ClN3O2. The van der Waals surface area contributed by atoms with Crippen molar-refractivity contribution in [3.63, 3.8) is 0 Å². The van der Waals surface area contributed by atoms with Gasteiger partial charge in [0.25, 0.3) is 0 Å². The van der Waals surface area contributed by atoms with E-state index in [0.29, 0.717) is 28.8 Å². The molecule has 0 bridgehead atoms. The van der Waals surface area contributed by atoms with Gasteiger partial charge in [0, 0.05) is 16.6 Å². The first-order valence-electron chi connectivity index (χ1n) is 8.75. The van der Waals surface area contributed by atoms with E-state index >= 15 is 0 Å². The number of rotatable bonds is 5. The van der Waals surface area contributed by atoms with Gasteiger partial charge < -0.3 is 10.4 Å². The number of benzene rings is 1. The van der Waals surface area contributed by atoms with E-state index in [0.717, 1.165) is 31.2 Å². The lowest BCUT2D eigenvalue weighted by Gasteiger charge is -2.24. The van der Waals surface area contributed by atoms with Crippen LogP contribution in [0.25, 0.3) is 11.4 Å². The van der Waals surface area contributed by atoms with Crippen molar-refractivity contribution in [2.24, 2.45) is 0 Å². The molecule has 1 aliphatic rings. The van der Waals surface area contributed by atoms with E-state index in [-0.39, 0.29) is 11.6 Å². The average molecular weight is 360 g/mol. The molecule has 5 nitrogen and oxygen atoms in total. The minimum absolute atomic E-state index is 0.186. The van der Waals surface area contributed by atoms with E-state index < -0.39 is 5.97 Å². The molecule has 1 aromatic carbocycles. The van der Waals surface area contributed by atoms with Gasteiger partial charge in [-0.05, 0) is 43.5 Å². The normalized spacial score (nSPS) is 15.1. The third-order valence-corrected chi connectivity index (χ3v) is 4.83. The molecule has 6 heteroatoms. The Bertz CT molecular complexity index is 756. The Morgan fingerprint density at radius 3 is 2.48 bits per heavy atom. The van der Waals surface area contributed by atoms with Crippen LogP contribution in [0, 0.1) is 0 Å². The monoisotopic (exact) mass is 359 g/mol. The first-order valence-corrected chi connectivity index (χ1v) is 9.13. The fraction of sp³-hybridized carbons (Fsp3) is 0.421. The van der Waals surface area contributed by atoms with Crippen molar-refractivity contribution in [2.45, 2.75) is 51.5 Å². The Morgan fingerprint density at radius 1 is 1.20 bits per heavy atom. The molecule has 0 aliphatic heterocycles. The molecule has 0 atom stereocenters. The maximum absolute atomic E-state index is 11.8. The summed E-state index contributed by atoms with van der Waals surface area (Å²) in [4.78, 5) is 20.8. The minimum Gasteiger partial charge on any atom is -0.477 e. The topological polar surface area (TPSA) is 75.1 Å². The number of aromatic nitrogens is 2. The van der Waals surface area contributed by atoms with Gasteiger partial charge in [0.15, 0.2) is 5.82 Å². The summed E-state index contributed by atoms with van der Waals surface area (Å²) in [5, 5.41) is 13.7. The molecule has 1 heterocycles. The van der Waals surface area contributed by atoms with Gasteiger partial charge in [-0.3, -0.25) is 0 Å². The number of carbonyl (C=O) groups is 1. The Balaban J connectivity index is 2.03. The van der Waals surface area contributed by atoms with E-state index in [1.165, 1.54) is 6.42 Å². The van der Waals surface area contributed by atoms with Crippen LogP contribution in [0.5, 0.6) is 0 Å². The van der Waals surface area contributed by atoms with Crippen molar-refractivity contribution in [1.29, 1.82) is 0 Å². The highest BCUT2D eigenvalue weighted by atomic mass is 35.5. The van der Waals surface area contributed by atoms with Gasteiger partial charge in [0.05, 0.1) is 5.69 Å². The van der Waals surface area contributed by atoms with Crippen LogP contribution in [0.2, 0.25) is 5.02 Å². The van der Waals surface area contributed by atoms with Crippen LogP contribution in [0.4, 0.5) is 5.82 Å². The number of anilines is 1. The van der Waals surface area contributed by atoms with Gasteiger partial charge >= 0.3 is 5.97 Å². The van der Waals surface area contributed by atoms with Crippen LogP contribution < -0.4 is 5.32 Å². The Morgan fingerprint density at radius 2 is 1.88 bits per heavy atom.